The lowest BCUT2D eigenvalue weighted by Gasteiger charge is -2.23. The van der Waals surface area contributed by atoms with Gasteiger partial charge in [0.25, 0.3) is 5.91 Å². The minimum atomic E-state index is -0.856. The second kappa shape index (κ2) is 9.60. The maximum atomic E-state index is 13.4. The van der Waals surface area contributed by atoms with Crippen LogP contribution in [-0.2, 0) is 16.0 Å². The van der Waals surface area contributed by atoms with Gasteiger partial charge in [0, 0.05) is 12.8 Å². The number of imide groups is 2. The number of hydrogen-bond donors (Lipinski definition) is 0. The monoisotopic (exact) mass is 426 g/mol. The van der Waals surface area contributed by atoms with Crippen LogP contribution in [0, 0.1) is 0 Å². The summed E-state index contributed by atoms with van der Waals surface area (Å²) >= 11 is 0. The minimum Gasteiger partial charge on any atom is -0.274 e. The lowest BCUT2D eigenvalue weighted by atomic mass is 9.92. The molecule has 4 rings (SSSR count). The zero-order chi connectivity index (χ0) is 22.5. The second-order valence-corrected chi connectivity index (χ2v) is 7.98. The molecule has 1 heterocycles. The summed E-state index contributed by atoms with van der Waals surface area (Å²) in [5.74, 6) is -0.709. The summed E-state index contributed by atoms with van der Waals surface area (Å²) in [6.45, 7) is 2.03. The van der Waals surface area contributed by atoms with Crippen LogP contribution in [0.15, 0.2) is 91.0 Å². The second-order valence-electron chi connectivity index (χ2n) is 7.98. The van der Waals surface area contributed by atoms with Gasteiger partial charge < -0.3 is 0 Å². The highest BCUT2D eigenvalue weighted by Crippen LogP contribution is 2.30. The molecule has 3 aromatic carbocycles. The van der Waals surface area contributed by atoms with E-state index in [2.05, 4.69) is 0 Å². The van der Waals surface area contributed by atoms with Gasteiger partial charge in [-0.3, -0.25) is 14.5 Å². The van der Waals surface area contributed by atoms with E-state index < -0.39 is 12.1 Å². The molecule has 0 aliphatic carbocycles. The Kier molecular flexibility index (Phi) is 6.45. The summed E-state index contributed by atoms with van der Waals surface area (Å²) in [7, 11) is 0. The Hall–Kier alpha value is -3.73. The van der Waals surface area contributed by atoms with Gasteiger partial charge in [-0.1, -0.05) is 85.8 Å². The highest BCUT2D eigenvalue weighted by Gasteiger charge is 2.48. The van der Waals surface area contributed by atoms with Crippen molar-refractivity contribution in [1.82, 2.24) is 4.90 Å². The maximum absolute atomic E-state index is 13.4. The molecule has 32 heavy (non-hydrogen) atoms. The van der Waals surface area contributed by atoms with Gasteiger partial charge in [-0.25, -0.2) is 9.69 Å². The van der Waals surface area contributed by atoms with E-state index in [1.54, 1.807) is 24.3 Å². The molecule has 0 aromatic heterocycles. The highest BCUT2D eigenvalue weighted by atomic mass is 16.2. The number of carbonyl (C=O) groups excluding carboxylic acids is 3. The SMILES string of the molecule is CC[C@H](CC(=O)N1C(=O)N(c2ccccc2)C(=O)[C@@H]1Cc1ccccc1)c1ccccc1. The van der Waals surface area contributed by atoms with Crippen molar-refractivity contribution >= 4 is 23.5 Å². The Bertz CT molecular complexity index is 1080. The van der Waals surface area contributed by atoms with Crippen LogP contribution < -0.4 is 4.90 Å². The van der Waals surface area contributed by atoms with Crippen LogP contribution >= 0.6 is 0 Å². The summed E-state index contributed by atoms with van der Waals surface area (Å²) in [5, 5.41) is 0. The predicted octanol–water partition coefficient (Wildman–Crippen LogP) is 5.18. The molecule has 1 saturated heterocycles. The van der Waals surface area contributed by atoms with E-state index in [-0.39, 0.29) is 24.2 Å². The molecule has 0 radical (unpaired) electrons. The summed E-state index contributed by atoms with van der Waals surface area (Å²) in [5.41, 5.74) is 2.44. The number of anilines is 1. The lowest BCUT2D eigenvalue weighted by molar-refractivity contribution is -0.133. The van der Waals surface area contributed by atoms with Gasteiger partial charge in [0.15, 0.2) is 0 Å². The number of carbonyl (C=O) groups is 3. The van der Waals surface area contributed by atoms with Crippen LogP contribution in [0.2, 0.25) is 0 Å². The fourth-order valence-corrected chi connectivity index (χ4v) is 4.24. The van der Waals surface area contributed by atoms with Crippen LogP contribution in [0.3, 0.4) is 0 Å². The van der Waals surface area contributed by atoms with E-state index in [1.165, 1.54) is 4.90 Å². The molecule has 162 valence electrons. The third kappa shape index (κ3) is 4.33. The van der Waals surface area contributed by atoms with Gasteiger partial charge >= 0.3 is 6.03 Å². The molecule has 5 heteroatoms. The number of urea groups is 1. The van der Waals surface area contributed by atoms with Crippen molar-refractivity contribution in [2.75, 3.05) is 4.90 Å². The molecular formula is C27H26N2O3. The molecule has 2 atom stereocenters. The normalized spacial score (nSPS) is 17.0. The van der Waals surface area contributed by atoms with Crippen LogP contribution in [0.4, 0.5) is 10.5 Å². The van der Waals surface area contributed by atoms with E-state index in [9.17, 15) is 14.4 Å². The van der Waals surface area contributed by atoms with Gasteiger partial charge in [0.1, 0.15) is 6.04 Å². The molecule has 0 N–H and O–H groups in total. The van der Waals surface area contributed by atoms with Crippen LogP contribution in [0.25, 0.3) is 0 Å². The van der Waals surface area contributed by atoms with E-state index in [0.717, 1.165) is 22.4 Å². The fourth-order valence-electron chi connectivity index (χ4n) is 4.24. The Morgan fingerprint density at radius 1 is 0.844 bits per heavy atom. The first kappa shape index (κ1) is 21.5. The number of nitrogens with zero attached hydrogens (tertiary/aromatic N) is 2. The molecule has 0 saturated carbocycles. The van der Waals surface area contributed by atoms with Gasteiger partial charge in [-0.05, 0) is 35.6 Å². The van der Waals surface area contributed by atoms with Crippen molar-refractivity contribution in [3.8, 4) is 0 Å². The number of hydrogen-bond acceptors (Lipinski definition) is 3. The number of amides is 4. The summed E-state index contributed by atoms with van der Waals surface area (Å²) in [6, 6.07) is 26.7. The van der Waals surface area contributed by atoms with Crippen molar-refractivity contribution in [3.05, 3.63) is 102 Å². The van der Waals surface area contributed by atoms with Gasteiger partial charge in [-0.2, -0.15) is 0 Å². The van der Waals surface area contributed by atoms with Crippen LogP contribution in [-0.4, -0.2) is 28.8 Å². The number of benzene rings is 3. The third-order valence-electron chi connectivity index (χ3n) is 5.95. The van der Waals surface area contributed by atoms with Crippen LogP contribution in [0.1, 0.15) is 36.8 Å². The fraction of sp³-hybridized carbons (Fsp3) is 0.222. The summed E-state index contributed by atoms with van der Waals surface area (Å²) < 4.78 is 0. The van der Waals surface area contributed by atoms with Crippen molar-refractivity contribution in [2.24, 2.45) is 0 Å². The minimum absolute atomic E-state index is 0.0187. The number of rotatable bonds is 7. The first-order valence-corrected chi connectivity index (χ1v) is 10.9. The summed E-state index contributed by atoms with van der Waals surface area (Å²) in [6.07, 6.45) is 1.23. The van der Waals surface area contributed by atoms with Gasteiger partial charge in [0.2, 0.25) is 5.91 Å². The molecule has 1 fully saturated rings. The Morgan fingerprint density at radius 3 is 2.00 bits per heavy atom. The molecular weight excluding hydrogens is 400 g/mol. The zero-order valence-corrected chi connectivity index (χ0v) is 18.1. The molecule has 0 spiro atoms. The molecule has 1 aliphatic rings. The molecule has 0 unspecified atom stereocenters. The Morgan fingerprint density at radius 2 is 1.41 bits per heavy atom. The molecule has 0 bridgehead atoms. The third-order valence-corrected chi connectivity index (χ3v) is 5.95. The standard InChI is InChI=1S/C27H26N2O3/c1-2-21(22-14-8-4-9-15-22)19-25(30)29-24(18-20-12-6-3-7-13-20)26(31)28(27(29)32)23-16-10-5-11-17-23/h3-17,21,24H,2,18-19H2,1H3/t21-,24+/m1/s1. The quantitative estimate of drug-likeness (QED) is 0.489. The Balaban J connectivity index is 1.65. The van der Waals surface area contributed by atoms with Crippen molar-refractivity contribution in [2.45, 2.75) is 38.1 Å². The van der Waals surface area contributed by atoms with Crippen molar-refractivity contribution < 1.29 is 14.4 Å². The van der Waals surface area contributed by atoms with Gasteiger partial charge in [0.05, 0.1) is 5.69 Å². The van der Waals surface area contributed by atoms with Crippen molar-refractivity contribution in [1.29, 1.82) is 0 Å². The van der Waals surface area contributed by atoms with E-state index >= 15 is 0 Å². The maximum Gasteiger partial charge on any atom is 0.338 e. The van der Waals surface area contributed by atoms with E-state index in [4.69, 9.17) is 0 Å². The molecule has 5 nitrogen and oxygen atoms in total. The lowest BCUT2D eigenvalue weighted by Crippen LogP contribution is -2.42. The Labute approximate surface area is 188 Å². The molecule has 3 aromatic rings. The summed E-state index contributed by atoms with van der Waals surface area (Å²) in [4.78, 5) is 42.5. The van der Waals surface area contributed by atoms with E-state index in [1.807, 2.05) is 73.7 Å². The van der Waals surface area contributed by atoms with E-state index in [0.29, 0.717) is 12.1 Å². The predicted molar refractivity (Wildman–Crippen MR) is 124 cm³/mol. The van der Waals surface area contributed by atoms with Crippen LogP contribution in [0.5, 0.6) is 0 Å². The smallest absolute Gasteiger partial charge is 0.274 e. The van der Waals surface area contributed by atoms with Gasteiger partial charge in [-0.15, -0.1) is 0 Å². The topological polar surface area (TPSA) is 57.7 Å². The highest BCUT2D eigenvalue weighted by molar-refractivity contribution is 6.25. The average Bonchev–Trinajstić information content (AvgIpc) is 3.08. The zero-order valence-electron chi connectivity index (χ0n) is 18.1. The first-order chi connectivity index (χ1) is 15.6. The van der Waals surface area contributed by atoms with Crippen molar-refractivity contribution in [3.63, 3.8) is 0 Å². The first-order valence-electron chi connectivity index (χ1n) is 10.9. The average molecular weight is 427 g/mol. The largest absolute Gasteiger partial charge is 0.338 e. The molecule has 4 amide bonds. The molecule has 1 aliphatic heterocycles. The number of para-hydroxylation sites is 1.